The number of hydrogen-bond acceptors (Lipinski definition) is 4. The van der Waals surface area contributed by atoms with Crippen LogP contribution in [0.25, 0.3) is 0 Å². The molecule has 1 N–H and O–H groups in total. The third-order valence-electron chi connectivity index (χ3n) is 2.93. The summed E-state index contributed by atoms with van der Waals surface area (Å²) in [5, 5.41) is 6.85. The van der Waals surface area contributed by atoms with Crippen molar-refractivity contribution in [1.82, 2.24) is 9.59 Å². The number of aromatic nitrogens is 2. The fourth-order valence-electron chi connectivity index (χ4n) is 1.98. The summed E-state index contributed by atoms with van der Waals surface area (Å²) in [4.78, 5) is 11.6. The van der Waals surface area contributed by atoms with Gasteiger partial charge < -0.3 is 5.32 Å². The van der Waals surface area contributed by atoms with Crippen LogP contribution < -0.4 is 5.32 Å². The lowest BCUT2D eigenvalue weighted by molar-refractivity contribution is -0.118. The molecule has 0 bridgehead atoms. The highest BCUT2D eigenvalue weighted by Crippen LogP contribution is 2.37. The van der Waals surface area contributed by atoms with Crippen molar-refractivity contribution in [3.05, 3.63) is 6.20 Å². The van der Waals surface area contributed by atoms with E-state index in [0.717, 1.165) is 11.5 Å². The zero-order chi connectivity index (χ0) is 12.3. The molecule has 0 radical (unpaired) electrons. The summed E-state index contributed by atoms with van der Waals surface area (Å²) in [5.74, 6) is -2.61. The Balaban J connectivity index is 1.76. The lowest BCUT2D eigenvalue weighted by Gasteiger charge is -2.27. The summed E-state index contributed by atoms with van der Waals surface area (Å²) >= 11 is 1.10. The maximum atomic E-state index is 12.9. The molecule has 0 atom stereocenters. The molecule has 1 fully saturated rings. The van der Waals surface area contributed by atoms with Gasteiger partial charge in [-0.25, -0.2) is 8.78 Å². The van der Waals surface area contributed by atoms with E-state index >= 15 is 0 Å². The van der Waals surface area contributed by atoms with Gasteiger partial charge in [-0.05, 0) is 18.8 Å². The third kappa shape index (κ3) is 3.69. The van der Waals surface area contributed by atoms with E-state index < -0.39 is 5.92 Å². The first kappa shape index (κ1) is 12.3. The zero-order valence-corrected chi connectivity index (χ0v) is 9.97. The number of halogens is 2. The average molecular weight is 261 g/mol. The molecule has 0 aromatic carbocycles. The van der Waals surface area contributed by atoms with Crippen molar-refractivity contribution in [2.24, 2.45) is 5.92 Å². The van der Waals surface area contributed by atoms with Gasteiger partial charge in [0.2, 0.25) is 11.8 Å². The van der Waals surface area contributed by atoms with Gasteiger partial charge in [0.1, 0.15) is 5.00 Å². The van der Waals surface area contributed by atoms with Gasteiger partial charge in [0, 0.05) is 30.8 Å². The van der Waals surface area contributed by atoms with E-state index in [9.17, 15) is 13.6 Å². The molecule has 1 amide bonds. The largest absolute Gasteiger partial charge is 0.315 e. The molecule has 0 spiro atoms. The second-order valence-electron chi connectivity index (χ2n) is 4.33. The lowest BCUT2D eigenvalue weighted by atomic mass is 9.84. The van der Waals surface area contributed by atoms with Crippen LogP contribution in [0.4, 0.5) is 13.8 Å². The van der Waals surface area contributed by atoms with Gasteiger partial charge in [-0.15, -0.1) is 5.10 Å². The Morgan fingerprint density at radius 1 is 1.53 bits per heavy atom. The Kier molecular flexibility index (Phi) is 3.66. The van der Waals surface area contributed by atoms with Crippen LogP contribution in [0, 0.1) is 5.92 Å². The molecule has 1 heterocycles. The first-order chi connectivity index (χ1) is 8.05. The highest BCUT2D eigenvalue weighted by molar-refractivity contribution is 7.10. The first-order valence-corrected chi connectivity index (χ1v) is 6.27. The Bertz CT molecular complexity index is 373. The summed E-state index contributed by atoms with van der Waals surface area (Å²) < 4.78 is 29.4. The maximum Gasteiger partial charge on any atom is 0.248 e. The molecule has 4 nitrogen and oxygen atoms in total. The number of nitrogens with one attached hydrogen (secondary N) is 1. The molecule has 0 aliphatic heterocycles. The van der Waals surface area contributed by atoms with Gasteiger partial charge in [0.15, 0.2) is 0 Å². The van der Waals surface area contributed by atoms with Gasteiger partial charge in [-0.3, -0.25) is 4.79 Å². The number of amides is 1. The molecular weight excluding hydrogens is 248 g/mol. The van der Waals surface area contributed by atoms with E-state index in [2.05, 4.69) is 14.9 Å². The Morgan fingerprint density at radius 2 is 2.24 bits per heavy atom. The number of carbonyl (C=O) groups excluding carboxylic acids is 1. The second-order valence-corrected chi connectivity index (χ2v) is 5.12. The summed E-state index contributed by atoms with van der Waals surface area (Å²) in [7, 11) is 0. The normalized spacial score (nSPS) is 20.1. The number of rotatable bonds is 3. The van der Waals surface area contributed by atoms with Crippen LogP contribution in [0.3, 0.4) is 0 Å². The predicted molar refractivity (Wildman–Crippen MR) is 60.1 cm³/mol. The topological polar surface area (TPSA) is 54.9 Å². The van der Waals surface area contributed by atoms with Crippen LogP contribution in [0.1, 0.15) is 32.1 Å². The standard InChI is InChI=1S/C10H13F2N3OS/c11-10(12)3-1-7(2-4-10)5-8(16)14-9-6-13-15-17-9/h6-7H,1-5H2,(H,14,16). The zero-order valence-electron chi connectivity index (χ0n) is 9.16. The van der Waals surface area contributed by atoms with Crippen LogP contribution in [0.15, 0.2) is 6.20 Å². The highest BCUT2D eigenvalue weighted by Gasteiger charge is 2.35. The molecule has 1 aliphatic rings. The molecule has 0 saturated heterocycles. The number of hydrogen-bond donors (Lipinski definition) is 1. The van der Waals surface area contributed by atoms with Gasteiger partial charge in [0.25, 0.3) is 0 Å². The number of alkyl halides is 2. The van der Waals surface area contributed by atoms with E-state index in [1.807, 2.05) is 0 Å². The number of nitrogens with zero attached hydrogens (tertiary/aromatic N) is 2. The fraction of sp³-hybridized carbons (Fsp3) is 0.700. The summed E-state index contributed by atoms with van der Waals surface area (Å²) in [5.41, 5.74) is 0. The molecule has 1 aromatic rings. The van der Waals surface area contributed by atoms with E-state index in [0.29, 0.717) is 24.3 Å². The average Bonchev–Trinajstić information content (AvgIpc) is 2.74. The minimum Gasteiger partial charge on any atom is -0.315 e. The monoisotopic (exact) mass is 261 g/mol. The van der Waals surface area contributed by atoms with Crippen molar-refractivity contribution in [2.75, 3.05) is 5.32 Å². The first-order valence-electron chi connectivity index (χ1n) is 5.50. The van der Waals surface area contributed by atoms with Crippen molar-refractivity contribution < 1.29 is 13.6 Å². The van der Waals surface area contributed by atoms with Crippen LogP contribution >= 0.6 is 11.5 Å². The minimum atomic E-state index is -2.53. The number of anilines is 1. The van der Waals surface area contributed by atoms with Gasteiger partial charge in [-0.2, -0.15) is 0 Å². The van der Waals surface area contributed by atoms with Crippen molar-refractivity contribution in [3.63, 3.8) is 0 Å². The quantitative estimate of drug-likeness (QED) is 0.910. The van der Waals surface area contributed by atoms with Crippen molar-refractivity contribution in [3.8, 4) is 0 Å². The Labute approximate surface area is 102 Å². The van der Waals surface area contributed by atoms with Gasteiger partial charge in [-0.1, -0.05) is 4.49 Å². The smallest absolute Gasteiger partial charge is 0.248 e. The molecule has 2 rings (SSSR count). The van der Waals surface area contributed by atoms with Crippen LogP contribution in [0.2, 0.25) is 0 Å². The molecule has 1 saturated carbocycles. The van der Waals surface area contributed by atoms with Crippen LogP contribution in [-0.2, 0) is 4.79 Å². The molecule has 94 valence electrons. The molecular formula is C10H13F2N3OS. The van der Waals surface area contributed by atoms with Crippen molar-refractivity contribution in [1.29, 1.82) is 0 Å². The molecule has 17 heavy (non-hydrogen) atoms. The summed E-state index contributed by atoms with van der Waals surface area (Å²) in [6, 6.07) is 0. The summed E-state index contributed by atoms with van der Waals surface area (Å²) in [6.45, 7) is 0. The molecule has 7 heteroatoms. The SMILES string of the molecule is O=C(CC1CCC(F)(F)CC1)Nc1cnns1. The lowest BCUT2D eigenvalue weighted by Crippen LogP contribution is -2.27. The molecule has 0 unspecified atom stereocenters. The van der Waals surface area contributed by atoms with Crippen molar-refractivity contribution >= 4 is 22.4 Å². The van der Waals surface area contributed by atoms with E-state index in [4.69, 9.17) is 0 Å². The maximum absolute atomic E-state index is 12.9. The third-order valence-corrected chi connectivity index (χ3v) is 3.51. The van der Waals surface area contributed by atoms with Gasteiger partial charge in [0.05, 0.1) is 6.20 Å². The minimum absolute atomic E-state index is 0.0653. The number of carbonyl (C=O) groups is 1. The predicted octanol–water partition coefficient (Wildman–Crippen LogP) is 2.69. The van der Waals surface area contributed by atoms with Crippen molar-refractivity contribution in [2.45, 2.75) is 38.0 Å². The molecule has 1 aliphatic carbocycles. The van der Waals surface area contributed by atoms with E-state index in [1.54, 1.807) is 0 Å². The van der Waals surface area contributed by atoms with E-state index in [-0.39, 0.29) is 24.7 Å². The summed E-state index contributed by atoms with van der Waals surface area (Å²) in [6.07, 6.45) is 2.40. The van der Waals surface area contributed by atoms with E-state index in [1.165, 1.54) is 6.20 Å². The van der Waals surface area contributed by atoms with Crippen LogP contribution in [-0.4, -0.2) is 21.4 Å². The Hall–Kier alpha value is -1.11. The van der Waals surface area contributed by atoms with Gasteiger partial charge >= 0.3 is 0 Å². The fourth-order valence-corrected chi connectivity index (χ4v) is 2.41. The Morgan fingerprint density at radius 3 is 2.82 bits per heavy atom. The molecule has 1 aromatic heterocycles. The second kappa shape index (κ2) is 5.03. The van der Waals surface area contributed by atoms with Crippen LogP contribution in [0.5, 0.6) is 0 Å². The highest BCUT2D eigenvalue weighted by atomic mass is 32.1.